The van der Waals surface area contributed by atoms with Crippen molar-refractivity contribution in [2.45, 2.75) is 18.9 Å². The van der Waals surface area contributed by atoms with Gasteiger partial charge < -0.3 is 20.1 Å². The highest BCUT2D eigenvalue weighted by molar-refractivity contribution is 6.06. The lowest BCUT2D eigenvalue weighted by Crippen LogP contribution is -2.15. The standard InChI is InChI=1S/C29H21F6N3O5/c1-42-26-13-18(7-11-25(26)43-24-12-9-20(29(33,34)35)15-23(24)38(40)41)27(39)37-22-14-19(28(30,31)32)8-10-21(22)36-16-17-5-3-2-4-6-17/h2-15,36H,16H2,1H3,(H,37,39). The number of nitrogens with zero attached hydrogens (tertiary/aromatic N) is 1. The van der Waals surface area contributed by atoms with Crippen molar-refractivity contribution in [3.05, 3.63) is 117 Å². The molecule has 0 saturated heterocycles. The molecular weight excluding hydrogens is 584 g/mol. The number of hydrogen-bond donors (Lipinski definition) is 2. The van der Waals surface area contributed by atoms with Gasteiger partial charge in [-0.15, -0.1) is 0 Å². The minimum absolute atomic E-state index is 0.0856. The predicted molar refractivity (Wildman–Crippen MR) is 144 cm³/mol. The van der Waals surface area contributed by atoms with Crippen LogP contribution in [-0.2, 0) is 18.9 Å². The largest absolute Gasteiger partial charge is 0.493 e. The molecule has 0 bridgehead atoms. The van der Waals surface area contributed by atoms with Gasteiger partial charge in [0.1, 0.15) is 0 Å². The van der Waals surface area contributed by atoms with Crippen LogP contribution in [0.5, 0.6) is 17.2 Å². The van der Waals surface area contributed by atoms with E-state index in [9.17, 15) is 41.3 Å². The Labute approximate surface area is 240 Å². The summed E-state index contributed by atoms with van der Waals surface area (Å²) in [5.41, 5.74) is -2.39. The van der Waals surface area contributed by atoms with Gasteiger partial charge in [-0.1, -0.05) is 30.3 Å². The quantitative estimate of drug-likeness (QED) is 0.113. The molecule has 4 aromatic rings. The van der Waals surface area contributed by atoms with Gasteiger partial charge in [-0.2, -0.15) is 26.3 Å². The molecule has 0 atom stereocenters. The van der Waals surface area contributed by atoms with Gasteiger partial charge in [-0.05, 0) is 54.1 Å². The molecule has 0 aliphatic heterocycles. The summed E-state index contributed by atoms with van der Waals surface area (Å²) in [6.07, 6.45) is -9.51. The van der Waals surface area contributed by atoms with Crippen molar-refractivity contribution in [2.24, 2.45) is 0 Å². The first kappa shape index (κ1) is 30.7. The van der Waals surface area contributed by atoms with Crippen LogP contribution >= 0.6 is 0 Å². The minimum atomic E-state index is -4.83. The fourth-order valence-corrected chi connectivity index (χ4v) is 3.90. The van der Waals surface area contributed by atoms with E-state index in [0.717, 1.165) is 29.8 Å². The van der Waals surface area contributed by atoms with Crippen molar-refractivity contribution < 1.29 is 45.5 Å². The average molecular weight is 605 g/mol. The van der Waals surface area contributed by atoms with Crippen molar-refractivity contribution in [1.29, 1.82) is 0 Å². The van der Waals surface area contributed by atoms with Gasteiger partial charge in [-0.25, -0.2) is 0 Å². The normalized spacial score (nSPS) is 11.5. The third kappa shape index (κ3) is 7.52. The van der Waals surface area contributed by atoms with E-state index in [2.05, 4.69) is 10.6 Å². The van der Waals surface area contributed by atoms with Crippen molar-refractivity contribution >= 4 is 23.0 Å². The molecule has 0 fully saturated rings. The molecule has 4 rings (SSSR count). The molecular formula is C29H21F6N3O5. The van der Waals surface area contributed by atoms with E-state index in [4.69, 9.17) is 9.47 Å². The Bertz CT molecular complexity index is 1640. The first-order chi connectivity index (χ1) is 20.3. The lowest BCUT2D eigenvalue weighted by Gasteiger charge is -2.17. The number of methoxy groups -OCH3 is 1. The van der Waals surface area contributed by atoms with Crippen LogP contribution in [-0.4, -0.2) is 17.9 Å². The third-order valence-corrected chi connectivity index (χ3v) is 6.05. The second-order valence-electron chi connectivity index (χ2n) is 8.96. The monoisotopic (exact) mass is 605 g/mol. The van der Waals surface area contributed by atoms with Crippen LogP contribution in [0.25, 0.3) is 0 Å². The van der Waals surface area contributed by atoms with Crippen LogP contribution < -0.4 is 20.1 Å². The molecule has 0 heterocycles. The maximum absolute atomic E-state index is 13.4. The Kier molecular flexibility index (Phi) is 8.78. The van der Waals surface area contributed by atoms with Crippen molar-refractivity contribution in [3.63, 3.8) is 0 Å². The molecule has 4 aromatic carbocycles. The predicted octanol–water partition coefficient (Wildman–Crippen LogP) is 8.30. The summed E-state index contributed by atoms with van der Waals surface area (Å²) in [6, 6.07) is 17.1. The SMILES string of the molecule is COc1cc(C(=O)Nc2cc(C(F)(F)F)ccc2NCc2ccccc2)ccc1Oc1ccc(C(F)(F)F)cc1[N+](=O)[O-]. The number of nitro groups is 1. The summed E-state index contributed by atoms with van der Waals surface area (Å²) in [7, 11) is 1.18. The molecule has 0 saturated carbocycles. The number of halogens is 6. The number of amides is 1. The Morgan fingerprint density at radius 1 is 0.791 bits per heavy atom. The molecule has 14 heteroatoms. The van der Waals surface area contributed by atoms with Crippen molar-refractivity contribution in [3.8, 4) is 17.2 Å². The number of ether oxygens (including phenoxy) is 2. The zero-order valence-electron chi connectivity index (χ0n) is 22.0. The van der Waals surface area contributed by atoms with Gasteiger partial charge in [0.25, 0.3) is 5.91 Å². The second-order valence-corrected chi connectivity index (χ2v) is 8.96. The molecule has 0 spiro atoms. The van der Waals surface area contributed by atoms with Crippen LogP contribution in [0.2, 0.25) is 0 Å². The van der Waals surface area contributed by atoms with E-state index >= 15 is 0 Å². The third-order valence-electron chi connectivity index (χ3n) is 6.05. The van der Waals surface area contributed by atoms with Crippen molar-refractivity contribution in [1.82, 2.24) is 0 Å². The first-order valence-corrected chi connectivity index (χ1v) is 12.3. The Hall–Kier alpha value is -5.27. The summed E-state index contributed by atoms with van der Waals surface area (Å²) < 4.78 is 90.0. The van der Waals surface area contributed by atoms with Gasteiger partial charge in [0, 0.05) is 18.2 Å². The van der Waals surface area contributed by atoms with E-state index < -0.39 is 45.7 Å². The molecule has 0 radical (unpaired) electrons. The molecule has 1 amide bonds. The molecule has 224 valence electrons. The van der Waals surface area contributed by atoms with E-state index in [-0.39, 0.29) is 35.0 Å². The molecule has 0 aromatic heterocycles. The number of nitro benzene ring substituents is 1. The number of carbonyl (C=O) groups is 1. The summed E-state index contributed by atoms with van der Waals surface area (Å²) in [4.78, 5) is 23.5. The Morgan fingerprint density at radius 2 is 1.42 bits per heavy atom. The van der Waals surface area contributed by atoms with Crippen LogP contribution in [0.4, 0.5) is 43.4 Å². The summed E-state index contributed by atoms with van der Waals surface area (Å²) >= 11 is 0. The Balaban J connectivity index is 1.60. The van der Waals surface area contributed by atoms with E-state index in [1.54, 1.807) is 12.1 Å². The highest BCUT2D eigenvalue weighted by atomic mass is 19.4. The van der Waals surface area contributed by atoms with E-state index in [0.29, 0.717) is 12.1 Å². The zero-order chi connectivity index (χ0) is 31.4. The number of hydrogen-bond acceptors (Lipinski definition) is 6. The lowest BCUT2D eigenvalue weighted by molar-refractivity contribution is -0.385. The van der Waals surface area contributed by atoms with Gasteiger partial charge in [-0.3, -0.25) is 14.9 Å². The van der Waals surface area contributed by atoms with E-state index in [1.165, 1.54) is 25.3 Å². The average Bonchev–Trinajstić information content (AvgIpc) is 2.96. The van der Waals surface area contributed by atoms with Gasteiger partial charge in [0.2, 0.25) is 5.75 Å². The number of alkyl halides is 6. The topological polar surface area (TPSA) is 103 Å². The second kappa shape index (κ2) is 12.3. The van der Waals surface area contributed by atoms with Gasteiger partial charge in [0.15, 0.2) is 11.5 Å². The summed E-state index contributed by atoms with van der Waals surface area (Å²) in [5, 5.41) is 16.8. The van der Waals surface area contributed by atoms with Crippen LogP contribution in [0.1, 0.15) is 27.0 Å². The fraction of sp³-hybridized carbons (Fsp3) is 0.138. The van der Waals surface area contributed by atoms with Gasteiger partial charge >= 0.3 is 18.0 Å². The number of nitrogens with one attached hydrogen (secondary N) is 2. The smallest absolute Gasteiger partial charge is 0.416 e. The summed E-state index contributed by atoms with van der Waals surface area (Å²) in [5.74, 6) is -1.65. The molecule has 0 unspecified atom stereocenters. The minimum Gasteiger partial charge on any atom is -0.493 e. The highest BCUT2D eigenvalue weighted by Crippen LogP contribution is 2.40. The zero-order valence-corrected chi connectivity index (χ0v) is 22.0. The number of rotatable bonds is 9. The maximum Gasteiger partial charge on any atom is 0.416 e. The molecule has 2 N–H and O–H groups in total. The van der Waals surface area contributed by atoms with Crippen LogP contribution in [0, 0.1) is 10.1 Å². The van der Waals surface area contributed by atoms with Crippen molar-refractivity contribution in [2.75, 3.05) is 17.7 Å². The summed E-state index contributed by atoms with van der Waals surface area (Å²) in [6.45, 7) is 0.255. The fourth-order valence-electron chi connectivity index (χ4n) is 3.90. The van der Waals surface area contributed by atoms with E-state index in [1.807, 2.05) is 18.2 Å². The molecule has 8 nitrogen and oxygen atoms in total. The van der Waals surface area contributed by atoms with Crippen LogP contribution in [0.3, 0.4) is 0 Å². The first-order valence-electron chi connectivity index (χ1n) is 12.3. The maximum atomic E-state index is 13.4. The molecule has 43 heavy (non-hydrogen) atoms. The molecule has 0 aliphatic carbocycles. The lowest BCUT2D eigenvalue weighted by atomic mass is 10.1. The number of anilines is 2. The number of benzene rings is 4. The highest BCUT2D eigenvalue weighted by Gasteiger charge is 2.34. The van der Waals surface area contributed by atoms with Crippen LogP contribution in [0.15, 0.2) is 84.9 Å². The molecule has 0 aliphatic rings. The van der Waals surface area contributed by atoms with Gasteiger partial charge in [0.05, 0.1) is 34.5 Å². The Morgan fingerprint density at radius 3 is 2.05 bits per heavy atom. The number of carbonyl (C=O) groups excluding carboxylic acids is 1.